The smallest absolute Gasteiger partial charge is 0.356 e. The fourth-order valence-corrected chi connectivity index (χ4v) is 1.72. The number of anilines is 1. The molecule has 2 aromatic rings. The Labute approximate surface area is 119 Å². The van der Waals surface area contributed by atoms with Crippen LogP contribution in [0, 0.1) is 17.0 Å². The number of aryl methyl sites for hydroxylation is 1. The van der Waals surface area contributed by atoms with Gasteiger partial charge in [0.05, 0.1) is 11.3 Å². The number of carboxylic acids is 1. The van der Waals surface area contributed by atoms with E-state index < -0.39 is 10.9 Å². The van der Waals surface area contributed by atoms with Gasteiger partial charge in [-0.1, -0.05) is 0 Å². The first-order valence-corrected chi connectivity index (χ1v) is 6.08. The van der Waals surface area contributed by atoms with Gasteiger partial charge in [0, 0.05) is 31.0 Å². The minimum Gasteiger partial charge on any atom is -0.476 e. The minimum absolute atomic E-state index is 0.0466. The molecule has 0 radical (unpaired) electrons. The molecule has 0 amide bonds. The van der Waals surface area contributed by atoms with Gasteiger partial charge in [0.15, 0.2) is 5.69 Å². The highest BCUT2D eigenvalue weighted by atomic mass is 16.6. The SMILES string of the molecule is Cc1ccc([N+](=O)[O-])c(NCCn2cnc(C(=O)O)c2)n1. The Morgan fingerprint density at radius 3 is 2.90 bits per heavy atom. The number of aromatic nitrogens is 3. The number of pyridine rings is 1. The lowest BCUT2D eigenvalue weighted by Crippen LogP contribution is -2.12. The fourth-order valence-electron chi connectivity index (χ4n) is 1.72. The number of hydrogen-bond acceptors (Lipinski definition) is 6. The van der Waals surface area contributed by atoms with Gasteiger partial charge in [-0.05, 0) is 13.0 Å². The van der Waals surface area contributed by atoms with Crippen molar-refractivity contribution in [2.24, 2.45) is 0 Å². The zero-order chi connectivity index (χ0) is 15.4. The lowest BCUT2D eigenvalue weighted by molar-refractivity contribution is -0.384. The molecule has 0 unspecified atom stereocenters. The maximum Gasteiger partial charge on any atom is 0.356 e. The third-order valence-corrected chi connectivity index (χ3v) is 2.72. The van der Waals surface area contributed by atoms with Crippen LogP contribution < -0.4 is 5.32 Å². The summed E-state index contributed by atoms with van der Waals surface area (Å²) in [5.41, 5.74) is 0.519. The van der Waals surface area contributed by atoms with Gasteiger partial charge in [0.1, 0.15) is 0 Å². The summed E-state index contributed by atoms with van der Waals surface area (Å²) in [5, 5.41) is 22.5. The second-order valence-electron chi connectivity index (χ2n) is 4.31. The largest absolute Gasteiger partial charge is 0.476 e. The summed E-state index contributed by atoms with van der Waals surface area (Å²) in [4.78, 5) is 28.9. The Balaban J connectivity index is 2.01. The lowest BCUT2D eigenvalue weighted by Gasteiger charge is -2.07. The first-order chi connectivity index (χ1) is 9.97. The van der Waals surface area contributed by atoms with E-state index in [4.69, 9.17) is 5.11 Å². The molecular weight excluding hydrogens is 278 g/mol. The molecule has 0 aliphatic carbocycles. The molecule has 0 aromatic carbocycles. The summed E-state index contributed by atoms with van der Waals surface area (Å²) in [5.74, 6) is -0.906. The molecule has 0 fully saturated rings. The van der Waals surface area contributed by atoms with Crippen molar-refractivity contribution in [3.05, 3.63) is 46.2 Å². The van der Waals surface area contributed by atoms with Crippen LogP contribution in [0.5, 0.6) is 0 Å². The van der Waals surface area contributed by atoms with Crippen LogP contribution in [0.1, 0.15) is 16.2 Å². The summed E-state index contributed by atoms with van der Waals surface area (Å²) in [6.07, 6.45) is 2.78. The standard InChI is InChI=1S/C12H13N5O4/c1-8-2-3-10(17(20)21)11(15-8)13-4-5-16-6-9(12(18)19)14-7-16/h2-3,6-7H,4-5H2,1H3,(H,13,15)(H,18,19). The van der Waals surface area contributed by atoms with Crippen LogP contribution in [0.2, 0.25) is 0 Å². The molecule has 0 bridgehead atoms. The third-order valence-electron chi connectivity index (χ3n) is 2.72. The van der Waals surface area contributed by atoms with Gasteiger partial charge in [-0.3, -0.25) is 10.1 Å². The zero-order valence-corrected chi connectivity index (χ0v) is 11.2. The van der Waals surface area contributed by atoms with E-state index in [1.165, 1.54) is 18.6 Å². The number of nitrogens with one attached hydrogen (secondary N) is 1. The van der Waals surface area contributed by atoms with E-state index in [1.54, 1.807) is 17.6 Å². The van der Waals surface area contributed by atoms with Crippen molar-refractivity contribution >= 4 is 17.5 Å². The average Bonchev–Trinajstić information content (AvgIpc) is 2.87. The highest BCUT2D eigenvalue weighted by Gasteiger charge is 2.14. The van der Waals surface area contributed by atoms with Gasteiger partial charge < -0.3 is 15.0 Å². The lowest BCUT2D eigenvalue weighted by atomic mass is 10.3. The van der Waals surface area contributed by atoms with Crippen molar-refractivity contribution in [3.63, 3.8) is 0 Å². The van der Waals surface area contributed by atoms with Gasteiger partial charge in [0.25, 0.3) is 0 Å². The summed E-state index contributed by atoms with van der Waals surface area (Å²) in [6, 6.07) is 2.96. The first-order valence-electron chi connectivity index (χ1n) is 6.08. The van der Waals surface area contributed by atoms with Crippen molar-refractivity contribution in [1.29, 1.82) is 0 Å². The zero-order valence-electron chi connectivity index (χ0n) is 11.2. The Morgan fingerprint density at radius 2 is 2.29 bits per heavy atom. The van der Waals surface area contributed by atoms with Crippen LogP contribution in [0.3, 0.4) is 0 Å². The van der Waals surface area contributed by atoms with Gasteiger partial charge >= 0.3 is 11.7 Å². The predicted octanol–water partition coefficient (Wildman–Crippen LogP) is 1.31. The van der Waals surface area contributed by atoms with Crippen LogP contribution in [0.25, 0.3) is 0 Å². The van der Waals surface area contributed by atoms with E-state index >= 15 is 0 Å². The minimum atomic E-state index is -1.10. The van der Waals surface area contributed by atoms with E-state index in [2.05, 4.69) is 15.3 Å². The molecule has 0 atom stereocenters. The normalized spacial score (nSPS) is 10.3. The van der Waals surface area contributed by atoms with Crippen LogP contribution >= 0.6 is 0 Å². The fraction of sp³-hybridized carbons (Fsp3) is 0.250. The van der Waals surface area contributed by atoms with Crippen molar-refractivity contribution < 1.29 is 14.8 Å². The van der Waals surface area contributed by atoms with E-state index in [-0.39, 0.29) is 17.2 Å². The van der Waals surface area contributed by atoms with Gasteiger partial charge in [-0.2, -0.15) is 0 Å². The number of hydrogen-bond donors (Lipinski definition) is 2. The molecule has 0 aliphatic heterocycles. The number of nitro groups is 1. The number of imidazole rings is 1. The molecule has 9 nitrogen and oxygen atoms in total. The number of nitrogens with zero attached hydrogens (tertiary/aromatic N) is 4. The van der Waals surface area contributed by atoms with Crippen LogP contribution in [0.15, 0.2) is 24.7 Å². The van der Waals surface area contributed by atoms with Gasteiger partial charge in [-0.25, -0.2) is 14.8 Å². The molecule has 110 valence electrons. The van der Waals surface area contributed by atoms with Crippen molar-refractivity contribution in [2.75, 3.05) is 11.9 Å². The second-order valence-corrected chi connectivity index (χ2v) is 4.31. The molecule has 0 saturated heterocycles. The molecule has 9 heteroatoms. The van der Waals surface area contributed by atoms with E-state index in [9.17, 15) is 14.9 Å². The first kappa shape index (κ1) is 14.4. The topological polar surface area (TPSA) is 123 Å². The Bertz CT molecular complexity index is 682. The van der Waals surface area contributed by atoms with Crippen LogP contribution in [-0.4, -0.2) is 37.1 Å². The highest BCUT2D eigenvalue weighted by Crippen LogP contribution is 2.21. The predicted molar refractivity (Wildman–Crippen MR) is 73.3 cm³/mol. The maximum absolute atomic E-state index is 10.9. The maximum atomic E-state index is 10.9. The average molecular weight is 291 g/mol. The van der Waals surface area contributed by atoms with Crippen LogP contribution in [0.4, 0.5) is 11.5 Å². The summed E-state index contributed by atoms with van der Waals surface area (Å²) in [6.45, 7) is 2.50. The molecule has 2 N–H and O–H groups in total. The molecule has 2 heterocycles. The molecule has 0 aliphatic rings. The Kier molecular flexibility index (Phi) is 4.12. The Morgan fingerprint density at radius 1 is 1.52 bits per heavy atom. The Hall–Kier alpha value is -2.97. The van der Waals surface area contributed by atoms with Crippen molar-refractivity contribution in [1.82, 2.24) is 14.5 Å². The molecule has 21 heavy (non-hydrogen) atoms. The number of rotatable bonds is 6. The number of aromatic carboxylic acids is 1. The van der Waals surface area contributed by atoms with Crippen molar-refractivity contribution in [3.8, 4) is 0 Å². The number of carboxylic acid groups (broad SMARTS) is 1. The van der Waals surface area contributed by atoms with E-state index in [0.717, 1.165) is 0 Å². The monoisotopic (exact) mass is 291 g/mol. The van der Waals surface area contributed by atoms with Gasteiger partial charge in [0.2, 0.25) is 5.82 Å². The third kappa shape index (κ3) is 3.53. The van der Waals surface area contributed by atoms with E-state index in [0.29, 0.717) is 18.8 Å². The summed E-state index contributed by atoms with van der Waals surface area (Å²) >= 11 is 0. The molecule has 0 spiro atoms. The van der Waals surface area contributed by atoms with Crippen molar-refractivity contribution in [2.45, 2.75) is 13.5 Å². The van der Waals surface area contributed by atoms with E-state index in [1.807, 2.05) is 0 Å². The highest BCUT2D eigenvalue weighted by molar-refractivity contribution is 5.84. The second kappa shape index (κ2) is 5.99. The molecule has 0 saturated carbocycles. The molecule has 2 rings (SSSR count). The quantitative estimate of drug-likeness (QED) is 0.607. The number of carbonyl (C=O) groups is 1. The molecule has 2 aromatic heterocycles. The summed E-state index contributed by atoms with van der Waals surface area (Å²) in [7, 11) is 0. The summed E-state index contributed by atoms with van der Waals surface area (Å²) < 4.78 is 1.58. The van der Waals surface area contributed by atoms with Crippen LogP contribution in [-0.2, 0) is 6.54 Å². The molecular formula is C12H13N5O4. The van der Waals surface area contributed by atoms with Gasteiger partial charge in [-0.15, -0.1) is 0 Å².